The fraction of sp³-hybridized carbons (Fsp3) is 0.481. The summed E-state index contributed by atoms with van der Waals surface area (Å²) in [4.78, 5) is 19.9. The number of aromatic amines is 1. The SMILES string of the molecule is C=C(N[C@@H](CC(C)C)C(=C)N[C@@H](C[C@@H]1CCNC1=O)C(=C)COC(C)(F)F)c1c[nH]c2cccnc12. The Labute approximate surface area is 211 Å². The lowest BCUT2D eigenvalue weighted by Gasteiger charge is -2.31. The first-order valence-electron chi connectivity index (χ1n) is 12.2. The number of H-pyrrole nitrogens is 1. The second-order valence-corrected chi connectivity index (χ2v) is 9.90. The summed E-state index contributed by atoms with van der Waals surface area (Å²) in [6, 6.07) is 3.13. The van der Waals surface area contributed by atoms with E-state index in [0.717, 1.165) is 23.0 Å². The predicted molar refractivity (Wildman–Crippen MR) is 139 cm³/mol. The van der Waals surface area contributed by atoms with Gasteiger partial charge in [-0.05, 0) is 42.9 Å². The maximum absolute atomic E-state index is 13.3. The quantitative estimate of drug-likeness (QED) is 0.281. The number of pyridine rings is 1. The van der Waals surface area contributed by atoms with E-state index >= 15 is 0 Å². The van der Waals surface area contributed by atoms with Gasteiger partial charge >= 0.3 is 6.11 Å². The molecule has 1 aliphatic heterocycles. The van der Waals surface area contributed by atoms with Crippen LogP contribution in [-0.2, 0) is 9.53 Å². The van der Waals surface area contributed by atoms with E-state index in [1.54, 1.807) is 6.20 Å². The highest BCUT2D eigenvalue weighted by Crippen LogP contribution is 2.25. The predicted octanol–water partition coefficient (Wildman–Crippen LogP) is 4.72. The van der Waals surface area contributed by atoms with Crippen LogP contribution in [0.1, 0.15) is 45.6 Å². The molecule has 0 unspecified atom stereocenters. The summed E-state index contributed by atoms with van der Waals surface area (Å²) in [6.07, 6.45) is 2.15. The fourth-order valence-corrected chi connectivity index (χ4v) is 4.36. The molecule has 0 radical (unpaired) electrons. The Bertz CT molecular complexity index is 1110. The lowest BCUT2D eigenvalue weighted by Crippen LogP contribution is -2.42. The number of nitrogens with zero attached hydrogens (tertiary/aromatic N) is 1. The summed E-state index contributed by atoms with van der Waals surface area (Å²) in [7, 11) is 0. The molecule has 1 amide bonds. The number of hydrogen-bond donors (Lipinski definition) is 4. The van der Waals surface area contributed by atoms with Crippen LogP contribution in [-0.4, -0.2) is 47.2 Å². The summed E-state index contributed by atoms with van der Waals surface area (Å²) in [5, 5.41) is 9.66. The van der Waals surface area contributed by atoms with E-state index in [2.05, 4.69) is 64.2 Å². The first-order chi connectivity index (χ1) is 16.9. The molecule has 1 aliphatic rings. The van der Waals surface area contributed by atoms with E-state index in [4.69, 9.17) is 0 Å². The zero-order valence-electron chi connectivity index (χ0n) is 21.3. The topological polar surface area (TPSA) is 91.1 Å². The first kappa shape index (κ1) is 27.4. The molecule has 0 aliphatic carbocycles. The monoisotopic (exact) mass is 501 g/mol. The van der Waals surface area contributed by atoms with Crippen molar-refractivity contribution in [1.29, 1.82) is 0 Å². The average molecular weight is 502 g/mol. The van der Waals surface area contributed by atoms with Gasteiger partial charge in [-0.1, -0.05) is 33.6 Å². The molecule has 9 heteroatoms. The number of nitrogens with one attached hydrogen (secondary N) is 4. The highest BCUT2D eigenvalue weighted by atomic mass is 19.3. The van der Waals surface area contributed by atoms with E-state index in [9.17, 15) is 13.6 Å². The molecule has 4 N–H and O–H groups in total. The number of ether oxygens (including phenoxy) is 1. The third-order valence-electron chi connectivity index (χ3n) is 6.28. The lowest BCUT2D eigenvalue weighted by molar-refractivity contribution is -0.218. The number of fused-ring (bicyclic) bond motifs is 1. The van der Waals surface area contributed by atoms with Gasteiger partial charge in [0.15, 0.2) is 0 Å². The summed E-state index contributed by atoms with van der Waals surface area (Å²) in [6.45, 7) is 17.6. The highest BCUT2D eigenvalue weighted by Gasteiger charge is 2.31. The van der Waals surface area contributed by atoms with E-state index in [0.29, 0.717) is 49.2 Å². The molecule has 1 fully saturated rings. The van der Waals surface area contributed by atoms with Crippen LogP contribution in [0.4, 0.5) is 8.78 Å². The van der Waals surface area contributed by atoms with Gasteiger partial charge in [-0.2, -0.15) is 8.78 Å². The number of aromatic nitrogens is 2. The third kappa shape index (κ3) is 7.40. The minimum absolute atomic E-state index is 0.0426. The molecule has 0 spiro atoms. The number of carbonyl (C=O) groups is 1. The van der Waals surface area contributed by atoms with Crippen LogP contribution >= 0.6 is 0 Å². The van der Waals surface area contributed by atoms with Crippen LogP contribution < -0.4 is 16.0 Å². The number of rotatable bonds is 14. The first-order valence-corrected chi connectivity index (χ1v) is 12.2. The fourth-order valence-electron chi connectivity index (χ4n) is 4.36. The zero-order chi connectivity index (χ0) is 26.5. The van der Waals surface area contributed by atoms with Gasteiger partial charge in [0.1, 0.15) is 0 Å². The Morgan fingerprint density at radius 3 is 2.67 bits per heavy atom. The van der Waals surface area contributed by atoms with Gasteiger partial charge in [0, 0.05) is 54.8 Å². The van der Waals surface area contributed by atoms with Crippen molar-refractivity contribution in [2.24, 2.45) is 11.8 Å². The minimum Gasteiger partial charge on any atom is -0.381 e. The standard InChI is InChI=1S/C27H37F2N5O2/c1-16(2)12-24(33-18(4)21-14-32-22-8-7-10-30-25(21)22)19(5)34-23(13-20-9-11-31-26(20)35)17(3)15-36-27(6,28)29/h7-8,10,14,16,20,23-24,32-34H,3-5,9,11-13,15H2,1-2,6H3,(H,31,35)/t20-,23-,24-/m0/s1. The molecule has 196 valence electrons. The van der Waals surface area contributed by atoms with Gasteiger partial charge in [-0.15, -0.1) is 0 Å². The van der Waals surface area contributed by atoms with Gasteiger partial charge in [0.25, 0.3) is 0 Å². The number of carbonyl (C=O) groups excluding carboxylic acids is 1. The maximum atomic E-state index is 13.3. The van der Waals surface area contributed by atoms with Gasteiger partial charge in [0.2, 0.25) is 5.91 Å². The molecule has 2 aromatic rings. The number of alkyl halides is 2. The number of halogens is 2. The Hall–Kier alpha value is -3.20. The van der Waals surface area contributed by atoms with Crippen molar-refractivity contribution in [3.8, 4) is 0 Å². The van der Waals surface area contributed by atoms with Gasteiger partial charge in [-0.3, -0.25) is 9.78 Å². The maximum Gasteiger partial charge on any atom is 0.353 e. The molecule has 1 saturated heterocycles. The summed E-state index contributed by atoms with van der Waals surface area (Å²) < 4.78 is 31.4. The van der Waals surface area contributed by atoms with Crippen molar-refractivity contribution in [2.75, 3.05) is 13.2 Å². The van der Waals surface area contributed by atoms with Crippen molar-refractivity contribution in [2.45, 2.75) is 58.2 Å². The Balaban J connectivity index is 1.76. The van der Waals surface area contributed by atoms with E-state index in [1.165, 1.54) is 0 Å². The smallest absolute Gasteiger partial charge is 0.353 e. The summed E-state index contributed by atoms with van der Waals surface area (Å²) in [5.41, 5.74) is 4.35. The molecule has 0 saturated carbocycles. The van der Waals surface area contributed by atoms with Crippen molar-refractivity contribution < 1.29 is 18.3 Å². The van der Waals surface area contributed by atoms with Gasteiger partial charge in [0.05, 0.1) is 23.7 Å². The van der Waals surface area contributed by atoms with Crippen molar-refractivity contribution in [1.82, 2.24) is 25.9 Å². The molecular weight excluding hydrogens is 464 g/mol. The molecule has 7 nitrogen and oxygen atoms in total. The Morgan fingerprint density at radius 1 is 1.28 bits per heavy atom. The largest absolute Gasteiger partial charge is 0.381 e. The van der Waals surface area contributed by atoms with Crippen LogP contribution in [0.15, 0.2) is 55.5 Å². The van der Waals surface area contributed by atoms with E-state index in [1.807, 2.05) is 18.3 Å². The average Bonchev–Trinajstić information content (AvgIpc) is 3.41. The van der Waals surface area contributed by atoms with Crippen LogP contribution in [0.3, 0.4) is 0 Å². The molecule has 36 heavy (non-hydrogen) atoms. The van der Waals surface area contributed by atoms with Gasteiger partial charge in [-0.25, -0.2) is 0 Å². The van der Waals surface area contributed by atoms with Crippen LogP contribution in [0.25, 0.3) is 16.7 Å². The molecular formula is C27H37F2N5O2. The summed E-state index contributed by atoms with van der Waals surface area (Å²) >= 11 is 0. The molecule has 0 bridgehead atoms. The zero-order valence-corrected chi connectivity index (χ0v) is 21.3. The van der Waals surface area contributed by atoms with Crippen LogP contribution in [0.2, 0.25) is 0 Å². The van der Waals surface area contributed by atoms with Crippen LogP contribution in [0.5, 0.6) is 0 Å². The molecule has 2 aromatic heterocycles. The van der Waals surface area contributed by atoms with Gasteiger partial charge < -0.3 is 25.7 Å². The third-order valence-corrected chi connectivity index (χ3v) is 6.28. The van der Waals surface area contributed by atoms with E-state index < -0.39 is 12.2 Å². The van der Waals surface area contributed by atoms with E-state index in [-0.39, 0.29) is 24.5 Å². The Kier molecular flexibility index (Phi) is 8.89. The van der Waals surface area contributed by atoms with Crippen LogP contribution in [0, 0.1) is 11.8 Å². The molecule has 3 rings (SSSR count). The minimum atomic E-state index is -3.28. The highest BCUT2D eigenvalue weighted by molar-refractivity contribution is 5.88. The lowest BCUT2D eigenvalue weighted by atomic mass is 9.93. The van der Waals surface area contributed by atoms with Crippen molar-refractivity contribution in [3.05, 3.63) is 61.1 Å². The summed E-state index contributed by atoms with van der Waals surface area (Å²) in [5.74, 6) is 0.0521. The number of amides is 1. The molecule has 3 heterocycles. The van der Waals surface area contributed by atoms with Crippen molar-refractivity contribution in [3.63, 3.8) is 0 Å². The normalized spacial score (nSPS) is 17.6. The Morgan fingerprint density at radius 2 is 2.03 bits per heavy atom. The second kappa shape index (κ2) is 11.7. The van der Waals surface area contributed by atoms with Crippen molar-refractivity contribution >= 4 is 22.6 Å². The molecule has 3 atom stereocenters. The molecule has 0 aromatic carbocycles. The second-order valence-electron chi connectivity index (χ2n) is 9.90. The number of hydrogen-bond acceptors (Lipinski definition) is 5.